The van der Waals surface area contributed by atoms with Crippen LogP contribution in [-0.4, -0.2) is 36.1 Å². The van der Waals surface area contributed by atoms with Crippen molar-refractivity contribution >= 4 is 11.6 Å². The maximum atomic E-state index is 5.97. The van der Waals surface area contributed by atoms with E-state index in [-0.39, 0.29) is 0 Å². The van der Waals surface area contributed by atoms with Crippen LogP contribution in [0.2, 0.25) is 5.02 Å². The van der Waals surface area contributed by atoms with E-state index >= 15 is 0 Å². The van der Waals surface area contributed by atoms with E-state index in [0.29, 0.717) is 18.1 Å². The normalized spacial score (nSPS) is 21.0. The summed E-state index contributed by atoms with van der Waals surface area (Å²) in [6, 6.07) is 10.1. The molecule has 2 atom stereocenters. The van der Waals surface area contributed by atoms with Crippen molar-refractivity contribution in [3.63, 3.8) is 0 Å². The van der Waals surface area contributed by atoms with Crippen LogP contribution in [0.5, 0.6) is 0 Å². The van der Waals surface area contributed by atoms with Gasteiger partial charge in [0, 0.05) is 29.7 Å². The molecule has 1 aromatic rings. The van der Waals surface area contributed by atoms with Gasteiger partial charge >= 0.3 is 0 Å². The largest absolute Gasteiger partial charge is 0.313 e. The molecule has 2 unspecified atom stereocenters. The molecule has 0 aromatic heterocycles. The Morgan fingerprint density at radius 3 is 2.48 bits per heavy atom. The van der Waals surface area contributed by atoms with Gasteiger partial charge in [0.15, 0.2) is 0 Å². The second-order valence-corrected chi connectivity index (χ2v) is 7.05. The molecule has 1 heterocycles. The summed E-state index contributed by atoms with van der Waals surface area (Å²) in [7, 11) is 0. The molecule has 0 radical (unpaired) electrons. The first-order chi connectivity index (χ1) is 10.1. The van der Waals surface area contributed by atoms with E-state index in [9.17, 15) is 0 Å². The molecule has 3 heteroatoms. The lowest BCUT2D eigenvalue weighted by atomic mass is 10.0. The lowest BCUT2D eigenvalue weighted by molar-refractivity contribution is 0.137. The van der Waals surface area contributed by atoms with Crippen molar-refractivity contribution in [1.82, 2.24) is 10.2 Å². The molecule has 1 aliphatic rings. The summed E-state index contributed by atoms with van der Waals surface area (Å²) in [6.45, 7) is 9.30. The molecule has 0 saturated carbocycles. The van der Waals surface area contributed by atoms with Crippen LogP contribution in [0.25, 0.3) is 0 Å². The van der Waals surface area contributed by atoms with E-state index in [1.165, 1.54) is 31.4 Å². The third kappa shape index (κ3) is 5.28. The zero-order chi connectivity index (χ0) is 15.2. The Bertz CT molecular complexity index is 410. The van der Waals surface area contributed by atoms with Crippen LogP contribution in [0, 0.1) is 0 Å². The third-order valence-corrected chi connectivity index (χ3v) is 4.77. The summed E-state index contributed by atoms with van der Waals surface area (Å²) >= 11 is 5.97. The van der Waals surface area contributed by atoms with Gasteiger partial charge in [-0.3, -0.25) is 4.90 Å². The predicted octanol–water partition coefficient (Wildman–Crippen LogP) is 4.12. The fourth-order valence-corrected chi connectivity index (χ4v) is 3.44. The first kappa shape index (κ1) is 16.8. The third-order valence-electron chi connectivity index (χ3n) is 4.52. The first-order valence-corrected chi connectivity index (χ1v) is 8.67. The van der Waals surface area contributed by atoms with Gasteiger partial charge in [0.2, 0.25) is 0 Å². The van der Waals surface area contributed by atoms with E-state index in [1.54, 1.807) is 0 Å². The molecule has 0 amide bonds. The fraction of sp³-hybridized carbons (Fsp3) is 0.667. The highest BCUT2D eigenvalue weighted by Crippen LogP contribution is 2.17. The Hall–Kier alpha value is -0.570. The molecule has 1 saturated heterocycles. The van der Waals surface area contributed by atoms with Gasteiger partial charge in [0.1, 0.15) is 0 Å². The Balaban J connectivity index is 1.94. The van der Waals surface area contributed by atoms with E-state index < -0.39 is 0 Å². The van der Waals surface area contributed by atoms with Crippen LogP contribution >= 0.6 is 11.6 Å². The topological polar surface area (TPSA) is 15.3 Å². The highest BCUT2D eigenvalue weighted by molar-refractivity contribution is 6.30. The summed E-state index contributed by atoms with van der Waals surface area (Å²) in [5, 5.41) is 4.49. The van der Waals surface area contributed by atoms with Crippen LogP contribution in [0.1, 0.15) is 45.6 Å². The zero-order valence-corrected chi connectivity index (χ0v) is 14.4. The predicted molar refractivity (Wildman–Crippen MR) is 92.1 cm³/mol. The standard InChI is InChI=1S/C18H29ClN2/c1-14(2)21(13-18-6-4-5-11-20-18)15(3)12-16-7-9-17(19)10-8-16/h7-10,14-15,18,20H,4-6,11-13H2,1-3H3. The van der Waals surface area contributed by atoms with Gasteiger partial charge in [0.25, 0.3) is 0 Å². The molecule has 1 fully saturated rings. The number of benzene rings is 1. The number of rotatable bonds is 6. The number of hydrogen-bond donors (Lipinski definition) is 1. The summed E-state index contributed by atoms with van der Waals surface area (Å²) in [5.74, 6) is 0. The van der Waals surface area contributed by atoms with Crippen molar-refractivity contribution in [2.75, 3.05) is 13.1 Å². The molecule has 118 valence electrons. The molecule has 2 rings (SSSR count). The van der Waals surface area contributed by atoms with E-state index in [1.807, 2.05) is 12.1 Å². The average Bonchev–Trinajstić information content (AvgIpc) is 2.48. The summed E-state index contributed by atoms with van der Waals surface area (Å²) in [5.41, 5.74) is 1.37. The van der Waals surface area contributed by atoms with Crippen LogP contribution in [0.15, 0.2) is 24.3 Å². The molecule has 0 spiro atoms. The summed E-state index contributed by atoms with van der Waals surface area (Å²) in [6.07, 6.45) is 5.10. The van der Waals surface area contributed by atoms with Crippen LogP contribution in [0.4, 0.5) is 0 Å². The second kappa shape index (κ2) is 8.17. The monoisotopic (exact) mass is 308 g/mol. The molecule has 1 aromatic carbocycles. The zero-order valence-electron chi connectivity index (χ0n) is 13.6. The van der Waals surface area contributed by atoms with Crippen LogP contribution < -0.4 is 5.32 Å². The molecule has 0 aliphatic carbocycles. The molecule has 2 nitrogen and oxygen atoms in total. The van der Waals surface area contributed by atoms with E-state index in [0.717, 1.165) is 18.0 Å². The number of nitrogens with zero attached hydrogens (tertiary/aromatic N) is 1. The smallest absolute Gasteiger partial charge is 0.0406 e. The summed E-state index contributed by atoms with van der Waals surface area (Å²) in [4.78, 5) is 2.64. The van der Waals surface area contributed by atoms with Crippen molar-refractivity contribution in [2.45, 2.75) is 64.6 Å². The maximum Gasteiger partial charge on any atom is 0.0406 e. The highest BCUT2D eigenvalue weighted by Gasteiger charge is 2.22. The average molecular weight is 309 g/mol. The maximum absolute atomic E-state index is 5.97. The number of hydrogen-bond acceptors (Lipinski definition) is 2. The molecule has 1 N–H and O–H groups in total. The SMILES string of the molecule is CC(C)N(CC1CCCCN1)C(C)Cc1ccc(Cl)cc1. The van der Waals surface area contributed by atoms with Crippen molar-refractivity contribution in [3.8, 4) is 0 Å². The van der Waals surface area contributed by atoms with Crippen LogP contribution in [0.3, 0.4) is 0 Å². The summed E-state index contributed by atoms with van der Waals surface area (Å²) < 4.78 is 0. The fourth-order valence-electron chi connectivity index (χ4n) is 3.31. The van der Waals surface area contributed by atoms with E-state index in [4.69, 9.17) is 11.6 Å². The Morgan fingerprint density at radius 1 is 1.19 bits per heavy atom. The minimum absolute atomic E-state index is 0.551. The van der Waals surface area contributed by atoms with Gasteiger partial charge in [-0.05, 0) is 64.3 Å². The molecule has 0 bridgehead atoms. The van der Waals surface area contributed by atoms with Crippen molar-refractivity contribution in [3.05, 3.63) is 34.9 Å². The minimum atomic E-state index is 0.551. The molecular formula is C18H29ClN2. The van der Waals surface area contributed by atoms with Gasteiger partial charge in [-0.2, -0.15) is 0 Å². The molecule has 21 heavy (non-hydrogen) atoms. The highest BCUT2D eigenvalue weighted by atomic mass is 35.5. The second-order valence-electron chi connectivity index (χ2n) is 6.62. The van der Waals surface area contributed by atoms with E-state index in [2.05, 4.69) is 43.1 Å². The molecular weight excluding hydrogens is 280 g/mol. The van der Waals surface area contributed by atoms with Crippen LogP contribution in [-0.2, 0) is 6.42 Å². The first-order valence-electron chi connectivity index (χ1n) is 8.30. The minimum Gasteiger partial charge on any atom is -0.313 e. The van der Waals surface area contributed by atoms with Gasteiger partial charge in [-0.15, -0.1) is 0 Å². The van der Waals surface area contributed by atoms with Crippen molar-refractivity contribution in [1.29, 1.82) is 0 Å². The lowest BCUT2D eigenvalue weighted by Crippen LogP contribution is -2.49. The molecule has 1 aliphatic heterocycles. The van der Waals surface area contributed by atoms with Gasteiger partial charge in [-0.1, -0.05) is 30.2 Å². The van der Waals surface area contributed by atoms with Gasteiger partial charge < -0.3 is 5.32 Å². The van der Waals surface area contributed by atoms with Crippen molar-refractivity contribution in [2.24, 2.45) is 0 Å². The number of nitrogens with one attached hydrogen (secondary N) is 1. The van der Waals surface area contributed by atoms with Gasteiger partial charge in [-0.25, -0.2) is 0 Å². The quantitative estimate of drug-likeness (QED) is 0.850. The number of piperidine rings is 1. The Kier molecular flexibility index (Phi) is 6.53. The van der Waals surface area contributed by atoms with Crippen molar-refractivity contribution < 1.29 is 0 Å². The number of halogens is 1. The van der Waals surface area contributed by atoms with Gasteiger partial charge in [0.05, 0.1) is 0 Å². The lowest BCUT2D eigenvalue weighted by Gasteiger charge is -2.37. The Morgan fingerprint density at radius 2 is 1.90 bits per heavy atom. The Labute approximate surface area is 134 Å².